The molecular weight excluding hydrogens is 368 g/mol. The summed E-state index contributed by atoms with van der Waals surface area (Å²) in [6.45, 7) is 5.48. The molecule has 2 aromatic carbocycles. The lowest BCUT2D eigenvalue weighted by atomic mass is 10.1. The lowest BCUT2D eigenvalue weighted by Gasteiger charge is -2.38. The first-order valence-corrected chi connectivity index (χ1v) is 9.53. The highest BCUT2D eigenvalue weighted by Crippen LogP contribution is 2.25. The van der Waals surface area contributed by atoms with Crippen LogP contribution in [0.4, 0.5) is 5.69 Å². The van der Waals surface area contributed by atoms with Gasteiger partial charge in [-0.3, -0.25) is 0 Å². The van der Waals surface area contributed by atoms with Crippen molar-refractivity contribution in [2.75, 3.05) is 31.1 Å². The van der Waals surface area contributed by atoms with E-state index in [1.54, 1.807) is 6.08 Å². The van der Waals surface area contributed by atoms with E-state index in [1.165, 1.54) is 5.56 Å². The second-order valence-corrected chi connectivity index (χ2v) is 7.11. The van der Waals surface area contributed by atoms with Crippen LogP contribution in [0.2, 0.25) is 5.02 Å². The van der Waals surface area contributed by atoms with Crippen LogP contribution in [0.25, 0.3) is 5.70 Å². The third-order valence-corrected chi connectivity index (χ3v) is 5.02. The van der Waals surface area contributed by atoms with Gasteiger partial charge in [0.25, 0.3) is 0 Å². The summed E-state index contributed by atoms with van der Waals surface area (Å²) < 4.78 is 0. The number of piperazine rings is 1. The standard InChI is InChI=1S/C23H21ClN4/c1-18-5-8-20(9-6-18)23(10-7-19(16-25)17-26)28-13-11-27(12-14-28)22-4-2-3-21(24)15-22/h2-10,15H,11-14H2,1H3. The Morgan fingerprint density at radius 2 is 1.64 bits per heavy atom. The summed E-state index contributed by atoms with van der Waals surface area (Å²) in [7, 11) is 0. The number of benzene rings is 2. The molecule has 0 unspecified atom stereocenters. The maximum atomic E-state index is 9.04. The van der Waals surface area contributed by atoms with Crippen LogP contribution < -0.4 is 4.90 Å². The Hall–Kier alpha value is -3.21. The quantitative estimate of drug-likeness (QED) is 0.558. The fourth-order valence-corrected chi connectivity index (χ4v) is 3.43. The summed E-state index contributed by atoms with van der Waals surface area (Å²) in [6, 6.07) is 20.1. The van der Waals surface area contributed by atoms with E-state index in [-0.39, 0.29) is 5.57 Å². The number of hydrogen-bond donors (Lipinski definition) is 0. The summed E-state index contributed by atoms with van der Waals surface area (Å²) in [5, 5.41) is 18.8. The monoisotopic (exact) mass is 388 g/mol. The summed E-state index contributed by atoms with van der Waals surface area (Å²) in [5.41, 5.74) is 4.52. The van der Waals surface area contributed by atoms with E-state index in [0.717, 1.165) is 48.1 Å². The maximum Gasteiger partial charge on any atom is 0.129 e. The van der Waals surface area contributed by atoms with Gasteiger partial charge in [-0.15, -0.1) is 0 Å². The Labute approximate surface area is 171 Å². The van der Waals surface area contributed by atoms with Crippen LogP contribution in [0.3, 0.4) is 0 Å². The van der Waals surface area contributed by atoms with Gasteiger partial charge < -0.3 is 9.80 Å². The van der Waals surface area contributed by atoms with Crippen LogP contribution >= 0.6 is 11.6 Å². The molecule has 1 aliphatic heterocycles. The molecule has 1 heterocycles. The van der Waals surface area contributed by atoms with E-state index in [2.05, 4.69) is 47.1 Å². The second-order valence-electron chi connectivity index (χ2n) is 6.68. The van der Waals surface area contributed by atoms with E-state index < -0.39 is 0 Å². The van der Waals surface area contributed by atoms with Crippen molar-refractivity contribution < 1.29 is 0 Å². The van der Waals surface area contributed by atoms with Gasteiger partial charge in [-0.1, -0.05) is 47.5 Å². The fourth-order valence-electron chi connectivity index (χ4n) is 3.25. The summed E-state index contributed by atoms with van der Waals surface area (Å²) >= 11 is 6.13. The van der Waals surface area contributed by atoms with Crippen molar-refractivity contribution >= 4 is 23.0 Å². The largest absolute Gasteiger partial charge is 0.368 e. The Morgan fingerprint density at radius 3 is 2.25 bits per heavy atom. The van der Waals surface area contributed by atoms with Gasteiger partial charge in [-0.05, 0) is 42.8 Å². The summed E-state index contributed by atoms with van der Waals surface area (Å²) in [4.78, 5) is 4.62. The van der Waals surface area contributed by atoms with Crippen molar-refractivity contribution in [1.29, 1.82) is 10.5 Å². The van der Waals surface area contributed by atoms with Crippen molar-refractivity contribution in [3.8, 4) is 12.1 Å². The molecule has 0 amide bonds. The van der Waals surface area contributed by atoms with Crippen LogP contribution in [0.5, 0.6) is 0 Å². The molecule has 5 heteroatoms. The maximum absolute atomic E-state index is 9.04. The number of anilines is 1. The lowest BCUT2D eigenvalue weighted by Crippen LogP contribution is -2.45. The van der Waals surface area contributed by atoms with Gasteiger partial charge in [0.1, 0.15) is 17.7 Å². The highest BCUT2D eigenvalue weighted by Gasteiger charge is 2.20. The molecule has 1 aliphatic rings. The zero-order chi connectivity index (χ0) is 19.9. The molecule has 3 rings (SSSR count). The molecule has 2 aromatic rings. The van der Waals surface area contributed by atoms with E-state index in [0.29, 0.717) is 0 Å². The zero-order valence-corrected chi connectivity index (χ0v) is 16.5. The van der Waals surface area contributed by atoms with Crippen molar-refractivity contribution in [2.45, 2.75) is 6.92 Å². The van der Waals surface area contributed by atoms with Crippen molar-refractivity contribution in [3.05, 3.63) is 82.4 Å². The molecule has 0 bridgehead atoms. The van der Waals surface area contributed by atoms with Gasteiger partial charge in [0.15, 0.2) is 0 Å². The Bertz CT molecular complexity index is 953. The molecule has 0 aromatic heterocycles. The number of allylic oxidation sites excluding steroid dienone is 3. The highest BCUT2D eigenvalue weighted by molar-refractivity contribution is 6.30. The van der Waals surface area contributed by atoms with Gasteiger partial charge in [-0.25, -0.2) is 0 Å². The second kappa shape index (κ2) is 9.13. The molecule has 0 aliphatic carbocycles. The molecule has 1 fully saturated rings. The van der Waals surface area contributed by atoms with E-state index in [1.807, 2.05) is 36.4 Å². The van der Waals surface area contributed by atoms with Crippen molar-refractivity contribution in [2.24, 2.45) is 0 Å². The normalized spacial score (nSPS) is 14.2. The lowest BCUT2D eigenvalue weighted by molar-refractivity contribution is 0.367. The van der Waals surface area contributed by atoms with Crippen molar-refractivity contribution in [1.82, 2.24) is 4.90 Å². The molecule has 0 spiro atoms. The number of nitriles is 2. The minimum atomic E-state index is 0.0992. The molecule has 0 atom stereocenters. The topological polar surface area (TPSA) is 54.1 Å². The molecule has 4 nitrogen and oxygen atoms in total. The minimum absolute atomic E-state index is 0.0992. The van der Waals surface area contributed by atoms with Crippen LogP contribution in [0.15, 0.2) is 66.3 Å². The van der Waals surface area contributed by atoms with E-state index in [9.17, 15) is 0 Å². The van der Waals surface area contributed by atoms with Gasteiger partial charge in [0, 0.05) is 42.6 Å². The van der Waals surface area contributed by atoms with Gasteiger partial charge in [-0.2, -0.15) is 10.5 Å². The van der Waals surface area contributed by atoms with E-state index in [4.69, 9.17) is 22.1 Å². The van der Waals surface area contributed by atoms with Gasteiger partial charge >= 0.3 is 0 Å². The molecule has 1 saturated heterocycles. The number of rotatable bonds is 4. The average molecular weight is 389 g/mol. The van der Waals surface area contributed by atoms with Crippen LogP contribution in [0.1, 0.15) is 11.1 Å². The van der Waals surface area contributed by atoms with Crippen LogP contribution in [-0.2, 0) is 0 Å². The van der Waals surface area contributed by atoms with Crippen LogP contribution in [-0.4, -0.2) is 31.1 Å². The number of hydrogen-bond acceptors (Lipinski definition) is 4. The summed E-state index contributed by atoms with van der Waals surface area (Å²) in [6.07, 6.45) is 3.47. The predicted molar refractivity (Wildman–Crippen MR) is 114 cm³/mol. The summed E-state index contributed by atoms with van der Waals surface area (Å²) in [5.74, 6) is 0. The molecule has 0 N–H and O–H groups in total. The Balaban J connectivity index is 1.83. The molecule has 0 radical (unpaired) electrons. The number of aryl methyl sites for hydroxylation is 1. The first-order valence-electron chi connectivity index (χ1n) is 9.15. The minimum Gasteiger partial charge on any atom is -0.368 e. The highest BCUT2D eigenvalue weighted by atomic mass is 35.5. The molecule has 0 saturated carbocycles. The molecular formula is C23H21ClN4. The third-order valence-electron chi connectivity index (χ3n) is 4.79. The average Bonchev–Trinajstić information content (AvgIpc) is 2.73. The number of halogens is 1. The van der Waals surface area contributed by atoms with E-state index >= 15 is 0 Å². The molecule has 140 valence electrons. The van der Waals surface area contributed by atoms with Crippen molar-refractivity contribution in [3.63, 3.8) is 0 Å². The Morgan fingerprint density at radius 1 is 0.964 bits per heavy atom. The third kappa shape index (κ3) is 4.74. The van der Waals surface area contributed by atoms with Crippen LogP contribution in [0, 0.1) is 29.6 Å². The SMILES string of the molecule is Cc1ccc(C(=CC=C(C#N)C#N)N2CCN(c3cccc(Cl)c3)CC2)cc1. The number of nitrogens with zero attached hydrogens (tertiary/aromatic N) is 4. The Kier molecular flexibility index (Phi) is 6.37. The van der Waals surface area contributed by atoms with Gasteiger partial charge in [0.2, 0.25) is 0 Å². The first-order chi connectivity index (χ1) is 13.6. The van der Waals surface area contributed by atoms with Gasteiger partial charge in [0.05, 0.1) is 0 Å². The first kappa shape index (κ1) is 19.5. The molecule has 28 heavy (non-hydrogen) atoms. The predicted octanol–water partition coefficient (Wildman–Crippen LogP) is 4.79. The smallest absolute Gasteiger partial charge is 0.129 e. The zero-order valence-electron chi connectivity index (χ0n) is 15.8. The fraction of sp³-hybridized carbons (Fsp3) is 0.217.